The van der Waals surface area contributed by atoms with Crippen LogP contribution in [0.1, 0.15) is 17.7 Å². The van der Waals surface area contributed by atoms with Gasteiger partial charge in [-0.2, -0.15) is 5.26 Å². The Morgan fingerprint density at radius 2 is 2.27 bits per heavy atom. The van der Waals surface area contributed by atoms with E-state index in [4.69, 9.17) is 16.9 Å². The van der Waals surface area contributed by atoms with Crippen LogP contribution in [0.5, 0.6) is 0 Å². The number of aromatic nitrogens is 1. The van der Waals surface area contributed by atoms with Gasteiger partial charge in [-0.3, -0.25) is 10.1 Å². The highest BCUT2D eigenvalue weighted by Gasteiger charge is 2.28. The third-order valence-electron chi connectivity index (χ3n) is 1.55. The molecule has 5 nitrogen and oxygen atoms in total. The molecule has 0 unspecified atom stereocenters. The van der Waals surface area contributed by atoms with Crippen molar-refractivity contribution < 1.29 is 13.7 Å². The molecule has 0 saturated carbocycles. The van der Waals surface area contributed by atoms with Gasteiger partial charge in [0.1, 0.15) is 11.6 Å². The summed E-state index contributed by atoms with van der Waals surface area (Å²) in [5, 5.41) is 18.2. The first-order valence-electron chi connectivity index (χ1n) is 3.50. The average Bonchev–Trinajstić information content (AvgIpc) is 2.16. The van der Waals surface area contributed by atoms with Crippen LogP contribution in [0.25, 0.3) is 0 Å². The van der Waals surface area contributed by atoms with Crippen LogP contribution in [0.3, 0.4) is 0 Å². The Kier molecular flexibility index (Phi) is 3.11. The second-order valence-corrected chi connectivity index (χ2v) is 2.77. The summed E-state index contributed by atoms with van der Waals surface area (Å²) in [4.78, 5) is 12.7. The lowest BCUT2D eigenvalue weighted by molar-refractivity contribution is -0.386. The number of nitro groups is 1. The van der Waals surface area contributed by atoms with Crippen molar-refractivity contribution >= 4 is 17.3 Å². The van der Waals surface area contributed by atoms with E-state index < -0.39 is 33.3 Å². The molecule has 1 rings (SSSR count). The molecule has 0 aromatic carbocycles. The van der Waals surface area contributed by atoms with E-state index >= 15 is 0 Å². The molecule has 78 valence electrons. The Balaban J connectivity index is 3.53. The average molecular weight is 234 g/mol. The Labute approximate surface area is 87.1 Å². The van der Waals surface area contributed by atoms with E-state index in [0.717, 1.165) is 0 Å². The molecule has 0 N–H and O–H groups in total. The zero-order chi connectivity index (χ0) is 11.6. The summed E-state index contributed by atoms with van der Waals surface area (Å²) in [6.07, 6.45) is -2.49. The van der Waals surface area contributed by atoms with Crippen molar-refractivity contribution in [1.82, 2.24) is 4.98 Å². The molecule has 0 amide bonds. The number of pyridine rings is 1. The first-order valence-corrected chi connectivity index (χ1v) is 3.87. The molecule has 8 heteroatoms. The van der Waals surface area contributed by atoms with Crippen LogP contribution in [-0.4, -0.2) is 9.91 Å². The highest BCUT2D eigenvalue weighted by Crippen LogP contribution is 2.35. The molecule has 15 heavy (non-hydrogen) atoms. The lowest BCUT2D eigenvalue weighted by Gasteiger charge is -2.03. The minimum atomic E-state index is -3.07. The summed E-state index contributed by atoms with van der Waals surface area (Å²) in [6, 6.07) is 1.46. The topological polar surface area (TPSA) is 79.8 Å². The maximum absolute atomic E-state index is 12.3. The number of nitrogens with zero attached hydrogens (tertiary/aromatic N) is 3. The quantitative estimate of drug-likeness (QED) is 0.580. The van der Waals surface area contributed by atoms with Crippen LogP contribution >= 0.6 is 11.6 Å². The maximum Gasteiger partial charge on any atom is 0.301 e. The fraction of sp³-hybridized carbons (Fsp3) is 0.143. The van der Waals surface area contributed by atoms with Crippen LogP contribution in [-0.2, 0) is 0 Å². The predicted octanol–water partition coefficient (Wildman–Crippen LogP) is 2.45. The van der Waals surface area contributed by atoms with E-state index in [-0.39, 0.29) is 0 Å². The van der Waals surface area contributed by atoms with Gasteiger partial charge in [0, 0.05) is 6.20 Å². The van der Waals surface area contributed by atoms with Crippen molar-refractivity contribution in [3.05, 3.63) is 32.6 Å². The van der Waals surface area contributed by atoms with Gasteiger partial charge in [-0.25, -0.2) is 13.8 Å². The van der Waals surface area contributed by atoms with Crippen molar-refractivity contribution in [1.29, 1.82) is 5.26 Å². The summed E-state index contributed by atoms with van der Waals surface area (Å²) < 4.78 is 24.6. The molecule has 0 saturated heterocycles. The first-order chi connectivity index (χ1) is 6.99. The van der Waals surface area contributed by atoms with Crippen molar-refractivity contribution in [2.45, 2.75) is 6.43 Å². The number of nitriles is 1. The Hall–Kier alpha value is -1.81. The zero-order valence-electron chi connectivity index (χ0n) is 6.95. The first kappa shape index (κ1) is 11.3. The standard InChI is InChI=1S/C7H2ClF2N3O2/c8-5-4(1-11)12-2-3(7(9)10)6(5)13(14)15/h2,7H. The second-order valence-electron chi connectivity index (χ2n) is 2.39. The molecule has 0 aliphatic carbocycles. The molecule has 0 aliphatic heterocycles. The zero-order valence-corrected chi connectivity index (χ0v) is 7.70. The smallest absolute Gasteiger partial charge is 0.258 e. The molecular formula is C7H2ClF2N3O2. The summed E-state index contributed by atoms with van der Waals surface area (Å²) >= 11 is 5.39. The van der Waals surface area contributed by atoms with Gasteiger partial charge in [0.2, 0.25) is 0 Å². The third-order valence-corrected chi connectivity index (χ3v) is 1.90. The number of rotatable bonds is 2. The number of hydrogen-bond donors (Lipinski definition) is 0. The summed E-state index contributed by atoms with van der Waals surface area (Å²) in [6.45, 7) is 0. The molecule has 0 spiro atoms. The lowest BCUT2D eigenvalue weighted by atomic mass is 10.2. The highest BCUT2D eigenvalue weighted by atomic mass is 35.5. The third kappa shape index (κ3) is 1.99. The van der Waals surface area contributed by atoms with Crippen LogP contribution in [0.2, 0.25) is 5.02 Å². The highest BCUT2D eigenvalue weighted by molar-refractivity contribution is 6.33. The van der Waals surface area contributed by atoms with Crippen molar-refractivity contribution in [3.8, 4) is 6.07 Å². The lowest BCUT2D eigenvalue weighted by Crippen LogP contribution is -2.00. The van der Waals surface area contributed by atoms with Crippen LogP contribution < -0.4 is 0 Å². The summed E-state index contributed by atoms with van der Waals surface area (Å²) in [5.74, 6) is 0. The fourth-order valence-corrected chi connectivity index (χ4v) is 1.18. The van der Waals surface area contributed by atoms with Gasteiger partial charge in [-0.15, -0.1) is 0 Å². The molecule has 0 aliphatic rings. The van der Waals surface area contributed by atoms with E-state index in [1.807, 2.05) is 0 Å². The number of hydrogen-bond acceptors (Lipinski definition) is 4. The monoisotopic (exact) mass is 233 g/mol. The molecule has 0 bridgehead atoms. The molecule has 0 fully saturated rings. The predicted molar refractivity (Wildman–Crippen MR) is 45.6 cm³/mol. The van der Waals surface area contributed by atoms with Gasteiger partial charge >= 0.3 is 5.69 Å². The maximum atomic E-state index is 12.3. The van der Waals surface area contributed by atoms with Gasteiger partial charge in [-0.1, -0.05) is 11.6 Å². The van der Waals surface area contributed by atoms with Gasteiger partial charge < -0.3 is 0 Å². The Bertz CT molecular complexity index is 458. The summed E-state index contributed by atoms with van der Waals surface area (Å²) in [7, 11) is 0. The molecule has 1 aromatic heterocycles. The molecular weight excluding hydrogens is 232 g/mol. The normalized spacial score (nSPS) is 10.1. The molecule has 0 radical (unpaired) electrons. The fourth-order valence-electron chi connectivity index (χ4n) is 0.914. The van der Waals surface area contributed by atoms with E-state index in [1.165, 1.54) is 6.07 Å². The molecule has 1 aromatic rings. The van der Waals surface area contributed by atoms with Crippen molar-refractivity contribution in [2.24, 2.45) is 0 Å². The summed E-state index contributed by atoms with van der Waals surface area (Å²) in [5.41, 5.74) is -2.32. The van der Waals surface area contributed by atoms with Crippen LogP contribution in [0.15, 0.2) is 6.20 Å². The van der Waals surface area contributed by atoms with Crippen LogP contribution in [0.4, 0.5) is 14.5 Å². The van der Waals surface area contributed by atoms with Crippen molar-refractivity contribution in [2.75, 3.05) is 0 Å². The van der Waals surface area contributed by atoms with Gasteiger partial charge in [0.25, 0.3) is 6.43 Å². The second kappa shape index (κ2) is 4.14. The minimum Gasteiger partial charge on any atom is -0.258 e. The largest absolute Gasteiger partial charge is 0.301 e. The Morgan fingerprint density at radius 1 is 1.67 bits per heavy atom. The Morgan fingerprint density at radius 3 is 2.67 bits per heavy atom. The van der Waals surface area contributed by atoms with E-state index in [9.17, 15) is 18.9 Å². The number of alkyl halides is 2. The van der Waals surface area contributed by atoms with Crippen LogP contribution in [0, 0.1) is 21.4 Å². The minimum absolute atomic E-state index is 0.451. The van der Waals surface area contributed by atoms with Crippen molar-refractivity contribution in [3.63, 3.8) is 0 Å². The van der Waals surface area contributed by atoms with E-state index in [1.54, 1.807) is 0 Å². The molecule has 1 heterocycles. The number of halogens is 3. The van der Waals surface area contributed by atoms with Gasteiger partial charge in [0.05, 0.1) is 4.92 Å². The SMILES string of the molecule is N#Cc1ncc(C(F)F)c([N+](=O)[O-])c1Cl. The van der Waals surface area contributed by atoms with Gasteiger partial charge in [-0.05, 0) is 0 Å². The molecule has 0 atom stereocenters. The van der Waals surface area contributed by atoms with E-state index in [2.05, 4.69) is 4.98 Å². The van der Waals surface area contributed by atoms with Gasteiger partial charge in [0.15, 0.2) is 10.7 Å². The van der Waals surface area contributed by atoms with E-state index in [0.29, 0.717) is 6.20 Å².